The number of aliphatic hydroxyl groups is 1. The fourth-order valence-corrected chi connectivity index (χ4v) is 0.871. The number of rotatable bonds is 3. The van der Waals surface area contributed by atoms with Crippen molar-refractivity contribution in [2.75, 3.05) is 0 Å². The molecule has 0 spiro atoms. The highest BCUT2D eigenvalue weighted by atomic mass is 16.4. The van der Waals surface area contributed by atoms with Crippen LogP contribution in [0.1, 0.15) is 11.4 Å². The van der Waals surface area contributed by atoms with Crippen LogP contribution in [0.15, 0.2) is 18.2 Å². The maximum absolute atomic E-state index is 10.2. The third-order valence-electron chi connectivity index (χ3n) is 1.51. The molecule has 0 fully saturated rings. The summed E-state index contributed by atoms with van der Waals surface area (Å²) in [5.74, 6) is -1.25. The van der Waals surface area contributed by atoms with E-state index in [1.54, 1.807) is 0 Å². The molecule has 1 rings (SSSR count). The van der Waals surface area contributed by atoms with Crippen molar-refractivity contribution in [3.8, 4) is 5.75 Å². The van der Waals surface area contributed by atoms with Gasteiger partial charge < -0.3 is 15.3 Å². The van der Waals surface area contributed by atoms with Gasteiger partial charge in [-0.15, -0.1) is 0 Å². The van der Waals surface area contributed by atoms with E-state index in [0.29, 0.717) is 5.69 Å². The third kappa shape index (κ3) is 2.56. The van der Waals surface area contributed by atoms with E-state index in [-0.39, 0.29) is 18.1 Å². The molecule has 14 heavy (non-hydrogen) atoms. The van der Waals surface area contributed by atoms with Crippen LogP contribution in [0.4, 0.5) is 0 Å². The van der Waals surface area contributed by atoms with E-state index in [2.05, 4.69) is 4.98 Å². The molecule has 0 aliphatic carbocycles. The highest BCUT2D eigenvalue weighted by molar-refractivity contribution is 5.85. The molecule has 5 heteroatoms. The Balaban J connectivity index is 3.00. The number of hydrogen-bond acceptors (Lipinski definition) is 4. The molecular weight excluding hydrogens is 186 g/mol. The fourth-order valence-electron chi connectivity index (χ4n) is 0.871. The van der Waals surface area contributed by atoms with Gasteiger partial charge in [0.1, 0.15) is 11.4 Å². The molecule has 1 aromatic rings. The van der Waals surface area contributed by atoms with Crippen LogP contribution < -0.4 is 0 Å². The molecule has 0 saturated heterocycles. The van der Waals surface area contributed by atoms with Crippen LogP contribution in [-0.4, -0.2) is 26.3 Å². The monoisotopic (exact) mass is 195 g/mol. The lowest BCUT2D eigenvalue weighted by molar-refractivity contribution is -0.131. The Morgan fingerprint density at radius 1 is 1.50 bits per heavy atom. The van der Waals surface area contributed by atoms with Crippen LogP contribution in [-0.2, 0) is 11.4 Å². The molecule has 1 aromatic heterocycles. The second-order valence-corrected chi connectivity index (χ2v) is 2.54. The molecule has 0 aliphatic rings. The van der Waals surface area contributed by atoms with Crippen molar-refractivity contribution < 1.29 is 20.1 Å². The first kappa shape index (κ1) is 10.2. The summed E-state index contributed by atoms with van der Waals surface area (Å²) in [7, 11) is 0. The Labute approximate surface area is 80.0 Å². The van der Waals surface area contributed by atoms with E-state index < -0.39 is 5.97 Å². The van der Waals surface area contributed by atoms with Crippen LogP contribution in [0, 0.1) is 0 Å². The Hall–Kier alpha value is -1.88. The minimum absolute atomic E-state index is 0.124. The number of aliphatic hydroxyl groups excluding tert-OH is 1. The van der Waals surface area contributed by atoms with Gasteiger partial charge in [-0.3, -0.25) is 0 Å². The van der Waals surface area contributed by atoms with Crippen molar-refractivity contribution in [3.05, 3.63) is 29.6 Å². The van der Waals surface area contributed by atoms with Crippen molar-refractivity contribution in [3.63, 3.8) is 0 Å². The van der Waals surface area contributed by atoms with Gasteiger partial charge >= 0.3 is 5.97 Å². The standard InChI is InChI=1S/C9H9NO4/c11-5-6-1-3-8(12)7(10-6)2-4-9(13)14/h1-4,11-12H,5H2,(H,13,14). The molecule has 0 bridgehead atoms. The van der Waals surface area contributed by atoms with Gasteiger partial charge in [0, 0.05) is 6.08 Å². The van der Waals surface area contributed by atoms with Crippen LogP contribution in [0.5, 0.6) is 5.75 Å². The molecule has 74 valence electrons. The number of carbonyl (C=O) groups is 1. The largest absolute Gasteiger partial charge is 0.506 e. The maximum Gasteiger partial charge on any atom is 0.328 e. The topological polar surface area (TPSA) is 90.7 Å². The van der Waals surface area contributed by atoms with E-state index in [4.69, 9.17) is 10.2 Å². The molecule has 5 nitrogen and oxygen atoms in total. The highest BCUT2D eigenvalue weighted by Crippen LogP contribution is 2.16. The van der Waals surface area contributed by atoms with Gasteiger partial charge in [-0.05, 0) is 18.2 Å². The van der Waals surface area contributed by atoms with Crippen molar-refractivity contribution in [1.82, 2.24) is 4.98 Å². The van der Waals surface area contributed by atoms with Crippen LogP contribution >= 0.6 is 0 Å². The number of carboxylic acid groups (broad SMARTS) is 1. The van der Waals surface area contributed by atoms with E-state index in [1.807, 2.05) is 0 Å². The molecule has 0 aliphatic heterocycles. The Morgan fingerprint density at radius 3 is 2.79 bits per heavy atom. The second kappa shape index (κ2) is 4.38. The average molecular weight is 195 g/mol. The van der Waals surface area contributed by atoms with Gasteiger partial charge in [0.25, 0.3) is 0 Å². The lowest BCUT2D eigenvalue weighted by Gasteiger charge is -2.00. The SMILES string of the molecule is O=C(O)C=Cc1nc(CO)ccc1O. The molecule has 0 radical (unpaired) electrons. The zero-order chi connectivity index (χ0) is 10.6. The van der Waals surface area contributed by atoms with Crippen molar-refractivity contribution in [1.29, 1.82) is 0 Å². The minimum atomic E-state index is -1.12. The predicted octanol–water partition coefficient (Wildman–Crippen LogP) is 0.377. The number of aromatic nitrogens is 1. The van der Waals surface area contributed by atoms with Gasteiger partial charge in [-0.1, -0.05) is 0 Å². The van der Waals surface area contributed by atoms with E-state index in [9.17, 15) is 9.90 Å². The van der Waals surface area contributed by atoms with Crippen LogP contribution in [0.25, 0.3) is 6.08 Å². The van der Waals surface area contributed by atoms with Gasteiger partial charge in [-0.25, -0.2) is 9.78 Å². The lowest BCUT2D eigenvalue weighted by atomic mass is 10.2. The number of nitrogens with zero attached hydrogens (tertiary/aromatic N) is 1. The molecule has 3 N–H and O–H groups in total. The van der Waals surface area contributed by atoms with Gasteiger partial charge in [0.05, 0.1) is 12.3 Å². The molecular formula is C9H9NO4. The number of hydrogen-bond donors (Lipinski definition) is 3. The highest BCUT2D eigenvalue weighted by Gasteiger charge is 2.01. The summed E-state index contributed by atoms with van der Waals surface area (Å²) in [4.78, 5) is 14.0. The summed E-state index contributed by atoms with van der Waals surface area (Å²) >= 11 is 0. The molecule has 0 aromatic carbocycles. The molecule has 1 heterocycles. The fraction of sp³-hybridized carbons (Fsp3) is 0.111. The summed E-state index contributed by atoms with van der Waals surface area (Å²) in [6.07, 6.45) is 2.03. The smallest absolute Gasteiger partial charge is 0.328 e. The summed E-state index contributed by atoms with van der Waals surface area (Å²) in [5, 5.41) is 26.3. The van der Waals surface area contributed by atoms with Gasteiger partial charge in [-0.2, -0.15) is 0 Å². The first-order chi connectivity index (χ1) is 6.63. The lowest BCUT2D eigenvalue weighted by Crippen LogP contribution is -1.92. The number of aliphatic carboxylic acids is 1. The van der Waals surface area contributed by atoms with Crippen molar-refractivity contribution in [2.45, 2.75) is 6.61 Å². The van der Waals surface area contributed by atoms with Crippen LogP contribution in [0.2, 0.25) is 0 Å². The summed E-state index contributed by atoms with van der Waals surface area (Å²) in [6, 6.07) is 2.80. The first-order valence-corrected chi connectivity index (χ1v) is 3.84. The van der Waals surface area contributed by atoms with Crippen molar-refractivity contribution >= 4 is 12.0 Å². The number of pyridine rings is 1. The van der Waals surface area contributed by atoms with Gasteiger partial charge in [0.2, 0.25) is 0 Å². The first-order valence-electron chi connectivity index (χ1n) is 3.84. The summed E-state index contributed by atoms with van der Waals surface area (Å²) < 4.78 is 0. The van der Waals surface area contributed by atoms with E-state index in [1.165, 1.54) is 12.1 Å². The normalized spacial score (nSPS) is 10.6. The van der Waals surface area contributed by atoms with Crippen molar-refractivity contribution in [2.24, 2.45) is 0 Å². The minimum Gasteiger partial charge on any atom is -0.506 e. The average Bonchev–Trinajstić information content (AvgIpc) is 2.16. The molecule has 0 amide bonds. The summed E-state index contributed by atoms with van der Waals surface area (Å²) in [6.45, 7) is -0.256. The van der Waals surface area contributed by atoms with E-state index in [0.717, 1.165) is 12.2 Å². The zero-order valence-electron chi connectivity index (χ0n) is 7.21. The Kier molecular flexibility index (Phi) is 3.19. The second-order valence-electron chi connectivity index (χ2n) is 2.54. The maximum atomic E-state index is 10.2. The molecule has 0 unspecified atom stereocenters. The number of carboxylic acids is 1. The van der Waals surface area contributed by atoms with Gasteiger partial charge in [0.15, 0.2) is 0 Å². The van der Waals surface area contributed by atoms with Crippen LogP contribution in [0.3, 0.4) is 0 Å². The van der Waals surface area contributed by atoms with E-state index >= 15 is 0 Å². The third-order valence-corrected chi connectivity index (χ3v) is 1.51. The predicted molar refractivity (Wildman–Crippen MR) is 48.5 cm³/mol. The Morgan fingerprint density at radius 2 is 2.21 bits per heavy atom. The molecule has 0 atom stereocenters. The number of aromatic hydroxyl groups is 1. The zero-order valence-corrected chi connectivity index (χ0v) is 7.21. The summed E-state index contributed by atoms with van der Waals surface area (Å²) in [5.41, 5.74) is 0.492. The Bertz CT molecular complexity index is 373. The molecule has 0 saturated carbocycles. The quantitative estimate of drug-likeness (QED) is 0.606.